The van der Waals surface area contributed by atoms with E-state index < -0.39 is 5.82 Å². The molecular weight excluding hydrogens is 295 g/mol. The second-order valence-corrected chi connectivity index (χ2v) is 5.61. The highest BCUT2D eigenvalue weighted by molar-refractivity contribution is 5.92. The number of amides is 1. The number of ether oxygens (including phenoxy) is 1. The number of hydrogen-bond donors (Lipinski definition) is 2. The molecule has 1 fully saturated rings. The van der Waals surface area contributed by atoms with E-state index in [0.717, 1.165) is 24.3 Å². The molecule has 1 aliphatic heterocycles. The van der Waals surface area contributed by atoms with Crippen molar-refractivity contribution in [3.63, 3.8) is 0 Å². The highest BCUT2D eigenvalue weighted by Gasteiger charge is 2.16. The molecule has 0 radical (unpaired) electrons. The van der Waals surface area contributed by atoms with Crippen LogP contribution in [-0.4, -0.2) is 25.2 Å². The quantitative estimate of drug-likeness (QED) is 0.891. The minimum atomic E-state index is -0.445. The number of carbonyl (C=O) groups is 1. The topological polar surface area (TPSA) is 50.4 Å². The summed E-state index contributed by atoms with van der Waals surface area (Å²) in [5.41, 5.74) is 1.86. The van der Waals surface area contributed by atoms with Crippen molar-refractivity contribution in [2.45, 2.75) is 18.9 Å². The third-order valence-electron chi connectivity index (χ3n) is 3.75. The van der Waals surface area contributed by atoms with Crippen LogP contribution in [0.15, 0.2) is 48.5 Å². The SMILES string of the molecule is O=C(Cc1ccccc1)Nc1cc(N[C@H]2CCOC2)ccc1F. The van der Waals surface area contributed by atoms with Gasteiger partial charge in [-0.2, -0.15) is 0 Å². The molecule has 23 heavy (non-hydrogen) atoms. The number of nitrogens with one attached hydrogen (secondary N) is 2. The van der Waals surface area contributed by atoms with Gasteiger partial charge in [-0.15, -0.1) is 0 Å². The Hall–Kier alpha value is -2.40. The van der Waals surface area contributed by atoms with Crippen molar-refractivity contribution < 1.29 is 13.9 Å². The standard InChI is InChI=1S/C18H19FN2O2/c19-16-7-6-14(20-15-8-9-23-12-15)11-17(16)21-18(22)10-13-4-2-1-3-5-13/h1-7,11,15,20H,8-10,12H2,(H,21,22)/t15-/m0/s1. The first kappa shape index (κ1) is 15.5. The van der Waals surface area contributed by atoms with Gasteiger partial charge >= 0.3 is 0 Å². The monoisotopic (exact) mass is 314 g/mol. The smallest absolute Gasteiger partial charge is 0.228 e. The molecule has 0 aliphatic carbocycles. The molecular formula is C18H19FN2O2. The van der Waals surface area contributed by atoms with Crippen molar-refractivity contribution >= 4 is 17.3 Å². The molecule has 0 aromatic heterocycles. The molecule has 0 spiro atoms. The van der Waals surface area contributed by atoms with E-state index in [1.807, 2.05) is 30.3 Å². The molecule has 2 N–H and O–H groups in total. The lowest BCUT2D eigenvalue weighted by Gasteiger charge is -2.14. The van der Waals surface area contributed by atoms with Crippen molar-refractivity contribution in [3.8, 4) is 0 Å². The van der Waals surface area contributed by atoms with E-state index >= 15 is 0 Å². The summed E-state index contributed by atoms with van der Waals surface area (Å²) >= 11 is 0. The summed E-state index contributed by atoms with van der Waals surface area (Å²) in [5, 5.41) is 5.93. The molecule has 0 bridgehead atoms. The van der Waals surface area contributed by atoms with Crippen LogP contribution in [0.25, 0.3) is 0 Å². The predicted octanol–water partition coefficient (Wildman–Crippen LogP) is 3.21. The van der Waals surface area contributed by atoms with E-state index in [1.165, 1.54) is 6.07 Å². The first-order valence-electron chi connectivity index (χ1n) is 7.68. The van der Waals surface area contributed by atoms with Crippen LogP contribution < -0.4 is 10.6 Å². The lowest BCUT2D eigenvalue weighted by Crippen LogP contribution is -2.19. The molecule has 1 atom stereocenters. The van der Waals surface area contributed by atoms with Gasteiger partial charge in [0.1, 0.15) is 5.82 Å². The van der Waals surface area contributed by atoms with E-state index in [0.29, 0.717) is 6.61 Å². The van der Waals surface area contributed by atoms with Gasteiger partial charge in [0.25, 0.3) is 0 Å². The van der Waals surface area contributed by atoms with Gasteiger partial charge in [-0.3, -0.25) is 4.79 Å². The molecule has 1 aliphatic rings. The maximum atomic E-state index is 13.9. The fraction of sp³-hybridized carbons (Fsp3) is 0.278. The largest absolute Gasteiger partial charge is 0.380 e. The Balaban J connectivity index is 1.65. The normalized spacial score (nSPS) is 17.0. The summed E-state index contributed by atoms with van der Waals surface area (Å²) in [5.74, 6) is -0.684. The highest BCUT2D eigenvalue weighted by Crippen LogP contribution is 2.22. The van der Waals surface area contributed by atoms with Crippen LogP contribution in [0.2, 0.25) is 0 Å². The first-order chi connectivity index (χ1) is 11.2. The summed E-state index contributed by atoms with van der Waals surface area (Å²) in [6, 6.07) is 14.3. The molecule has 3 rings (SSSR count). The van der Waals surface area contributed by atoms with Gasteiger partial charge in [-0.25, -0.2) is 4.39 Å². The maximum Gasteiger partial charge on any atom is 0.228 e. The van der Waals surface area contributed by atoms with Gasteiger partial charge in [0.15, 0.2) is 0 Å². The van der Waals surface area contributed by atoms with Gasteiger partial charge in [0, 0.05) is 12.3 Å². The lowest BCUT2D eigenvalue weighted by molar-refractivity contribution is -0.115. The number of rotatable bonds is 5. The molecule has 1 heterocycles. The van der Waals surface area contributed by atoms with E-state index in [-0.39, 0.29) is 24.1 Å². The molecule has 0 saturated carbocycles. The summed E-state index contributed by atoms with van der Waals surface area (Å²) in [6.07, 6.45) is 1.14. The van der Waals surface area contributed by atoms with Gasteiger partial charge in [0.2, 0.25) is 5.91 Å². The van der Waals surface area contributed by atoms with Crippen molar-refractivity contribution in [3.05, 3.63) is 59.9 Å². The minimum absolute atomic E-state index is 0.190. The lowest BCUT2D eigenvalue weighted by atomic mass is 10.1. The zero-order valence-electron chi connectivity index (χ0n) is 12.7. The number of anilines is 2. The van der Waals surface area contributed by atoms with E-state index in [4.69, 9.17) is 4.74 Å². The zero-order chi connectivity index (χ0) is 16.1. The second-order valence-electron chi connectivity index (χ2n) is 5.61. The van der Waals surface area contributed by atoms with E-state index in [1.54, 1.807) is 12.1 Å². The first-order valence-corrected chi connectivity index (χ1v) is 7.68. The van der Waals surface area contributed by atoms with E-state index in [2.05, 4.69) is 10.6 Å². The molecule has 1 saturated heterocycles. The summed E-state index contributed by atoms with van der Waals surface area (Å²) in [4.78, 5) is 12.1. The highest BCUT2D eigenvalue weighted by atomic mass is 19.1. The number of benzene rings is 2. The Morgan fingerprint density at radius 1 is 1.22 bits per heavy atom. The molecule has 0 unspecified atom stereocenters. The molecule has 5 heteroatoms. The Morgan fingerprint density at radius 2 is 2.04 bits per heavy atom. The van der Waals surface area contributed by atoms with Crippen LogP contribution >= 0.6 is 0 Å². The van der Waals surface area contributed by atoms with Crippen LogP contribution in [0.5, 0.6) is 0 Å². The van der Waals surface area contributed by atoms with Gasteiger partial charge in [-0.05, 0) is 30.2 Å². The maximum absolute atomic E-state index is 13.9. The zero-order valence-corrected chi connectivity index (χ0v) is 12.7. The van der Waals surface area contributed by atoms with Crippen LogP contribution in [0.1, 0.15) is 12.0 Å². The number of carbonyl (C=O) groups excluding carboxylic acids is 1. The van der Waals surface area contributed by atoms with Crippen molar-refractivity contribution in [2.75, 3.05) is 23.8 Å². The van der Waals surface area contributed by atoms with Crippen LogP contribution in [0.4, 0.5) is 15.8 Å². The Morgan fingerprint density at radius 3 is 2.78 bits per heavy atom. The van der Waals surface area contributed by atoms with Crippen LogP contribution in [0, 0.1) is 5.82 Å². The Labute approximate surface area is 134 Å². The fourth-order valence-electron chi connectivity index (χ4n) is 2.57. The Bertz CT molecular complexity index is 670. The van der Waals surface area contributed by atoms with Crippen molar-refractivity contribution in [1.82, 2.24) is 0 Å². The minimum Gasteiger partial charge on any atom is -0.380 e. The van der Waals surface area contributed by atoms with Gasteiger partial charge in [-0.1, -0.05) is 30.3 Å². The average Bonchev–Trinajstić information content (AvgIpc) is 3.04. The summed E-state index contributed by atoms with van der Waals surface area (Å²) < 4.78 is 19.2. The third-order valence-corrected chi connectivity index (χ3v) is 3.75. The number of hydrogen-bond acceptors (Lipinski definition) is 3. The van der Waals surface area contributed by atoms with E-state index in [9.17, 15) is 9.18 Å². The second kappa shape index (κ2) is 7.24. The molecule has 1 amide bonds. The Kier molecular flexibility index (Phi) is 4.88. The third kappa shape index (κ3) is 4.29. The van der Waals surface area contributed by atoms with Crippen molar-refractivity contribution in [2.24, 2.45) is 0 Å². The van der Waals surface area contributed by atoms with Gasteiger partial charge < -0.3 is 15.4 Å². The molecule has 120 valence electrons. The average molecular weight is 314 g/mol. The summed E-state index contributed by atoms with van der Waals surface area (Å²) in [7, 11) is 0. The predicted molar refractivity (Wildman–Crippen MR) is 88.0 cm³/mol. The molecule has 2 aromatic rings. The fourth-order valence-corrected chi connectivity index (χ4v) is 2.57. The molecule has 2 aromatic carbocycles. The number of halogens is 1. The summed E-state index contributed by atoms with van der Waals surface area (Å²) in [6.45, 7) is 1.38. The van der Waals surface area contributed by atoms with Crippen LogP contribution in [-0.2, 0) is 16.0 Å². The van der Waals surface area contributed by atoms with Crippen molar-refractivity contribution in [1.29, 1.82) is 0 Å². The van der Waals surface area contributed by atoms with Gasteiger partial charge in [0.05, 0.1) is 24.8 Å². The van der Waals surface area contributed by atoms with Crippen LogP contribution in [0.3, 0.4) is 0 Å². The molecule has 4 nitrogen and oxygen atoms in total.